The molecule has 0 spiro atoms. The topological polar surface area (TPSA) is 78.1 Å². The van der Waals surface area contributed by atoms with Gasteiger partial charge in [0.1, 0.15) is 5.82 Å². The number of nitrogens with one attached hydrogen (secondary N) is 2. The number of nitrogens with zero attached hydrogens (tertiary/aromatic N) is 2. The van der Waals surface area contributed by atoms with E-state index in [0.29, 0.717) is 17.8 Å². The third-order valence-corrected chi connectivity index (χ3v) is 4.93. The third kappa shape index (κ3) is 3.69. The Hall–Kier alpha value is -3.15. The van der Waals surface area contributed by atoms with Gasteiger partial charge in [-0.05, 0) is 43.2 Å². The molecule has 1 atom stereocenters. The summed E-state index contributed by atoms with van der Waals surface area (Å²) >= 11 is 0. The predicted octanol–water partition coefficient (Wildman–Crippen LogP) is 3.54. The molecule has 0 aliphatic carbocycles. The largest absolute Gasteiger partial charge is 0.342 e. The second-order valence-corrected chi connectivity index (χ2v) is 6.99. The number of rotatable bonds is 3. The lowest BCUT2D eigenvalue weighted by Crippen LogP contribution is -2.39. The zero-order chi connectivity index (χ0) is 18.8. The van der Waals surface area contributed by atoms with E-state index in [2.05, 4.69) is 10.3 Å². The van der Waals surface area contributed by atoms with Gasteiger partial charge in [-0.25, -0.2) is 4.98 Å². The number of benzene rings is 2. The highest BCUT2D eigenvalue weighted by atomic mass is 16.2. The first-order chi connectivity index (χ1) is 13.1. The molecule has 3 aromatic rings. The molecular formula is C21H22N4O2. The molecule has 2 heterocycles. The normalized spacial score (nSPS) is 17.1. The van der Waals surface area contributed by atoms with Gasteiger partial charge < -0.3 is 15.2 Å². The molecule has 1 saturated heterocycles. The molecule has 0 radical (unpaired) electrons. The summed E-state index contributed by atoms with van der Waals surface area (Å²) in [7, 11) is 0. The van der Waals surface area contributed by atoms with Crippen LogP contribution in [0.5, 0.6) is 0 Å². The Morgan fingerprint density at radius 3 is 2.85 bits per heavy atom. The molecule has 27 heavy (non-hydrogen) atoms. The van der Waals surface area contributed by atoms with Crippen LogP contribution in [0.1, 0.15) is 41.9 Å². The lowest BCUT2D eigenvalue weighted by atomic mass is 9.96. The van der Waals surface area contributed by atoms with Gasteiger partial charge in [-0.15, -0.1) is 0 Å². The van der Waals surface area contributed by atoms with Crippen LogP contribution < -0.4 is 5.32 Å². The Morgan fingerprint density at radius 1 is 1.19 bits per heavy atom. The van der Waals surface area contributed by atoms with Gasteiger partial charge in [0.05, 0.1) is 11.0 Å². The maximum Gasteiger partial charge on any atom is 0.253 e. The van der Waals surface area contributed by atoms with Crippen LogP contribution in [0.2, 0.25) is 0 Å². The Bertz CT molecular complexity index is 962. The van der Waals surface area contributed by atoms with Crippen molar-refractivity contribution in [1.82, 2.24) is 14.9 Å². The minimum Gasteiger partial charge on any atom is -0.342 e. The van der Waals surface area contributed by atoms with Crippen LogP contribution in [-0.2, 0) is 4.79 Å². The number of anilines is 1. The molecule has 0 unspecified atom stereocenters. The number of amides is 2. The quantitative estimate of drug-likeness (QED) is 0.748. The molecule has 0 bridgehead atoms. The standard InChI is InChI=1S/C21H22N4O2/c1-14(26)22-17-8-4-6-15(12-17)21(27)25-11-5-7-16(13-25)20-23-18-9-2-3-10-19(18)24-20/h2-4,6,8-10,12,16H,5,7,11,13H2,1H3,(H,22,26)(H,23,24)/t16-/m0/s1. The van der Waals surface area contributed by atoms with E-state index in [1.807, 2.05) is 29.2 Å². The van der Waals surface area contributed by atoms with E-state index in [1.54, 1.807) is 24.3 Å². The van der Waals surface area contributed by atoms with Crippen LogP contribution in [0, 0.1) is 0 Å². The molecule has 2 aromatic carbocycles. The highest BCUT2D eigenvalue weighted by Gasteiger charge is 2.27. The zero-order valence-electron chi connectivity index (χ0n) is 15.2. The smallest absolute Gasteiger partial charge is 0.253 e. The van der Waals surface area contributed by atoms with Crippen molar-refractivity contribution in [3.63, 3.8) is 0 Å². The van der Waals surface area contributed by atoms with Crippen molar-refractivity contribution < 1.29 is 9.59 Å². The van der Waals surface area contributed by atoms with E-state index in [1.165, 1.54) is 6.92 Å². The minimum atomic E-state index is -0.150. The van der Waals surface area contributed by atoms with Crippen molar-refractivity contribution in [3.05, 3.63) is 59.9 Å². The molecule has 1 fully saturated rings. The number of likely N-dealkylation sites (tertiary alicyclic amines) is 1. The second-order valence-electron chi connectivity index (χ2n) is 6.99. The van der Waals surface area contributed by atoms with Gasteiger partial charge in [-0.3, -0.25) is 9.59 Å². The van der Waals surface area contributed by atoms with Gasteiger partial charge in [0.15, 0.2) is 0 Å². The number of imidazole rings is 1. The molecule has 2 N–H and O–H groups in total. The first-order valence-corrected chi connectivity index (χ1v) is 9.22. The monoisotopic (exact) mass is 362 g/mol. The first kappa shape index (κ1) is 17.3. The van der Waals surface area contributed by atoms with Gasteiger partial charge in [0.25, 0.3) is 5.91 Å². The number of fused-ring (bicyclic) bond motifs is 1. The van der Waals surface area contributed by atoms with Gasteiger partial charge in [0.2, 0.25) is 5.91 Å². The van der Waals surface area contributed by atoms with E-state index < -0.39 is 0 Å². The maximum absolute atomic E-state index is 13.0. The number of carbonyl (C=O) groups is 2. The number of hydrogen-bond donors (Lipinski definition) is 2. The number of H-pyrrole nitrogens is 1. The molecule has 0 saturated carbocycles. The average Bonchev–Trinajstić information content (AvgIpc) is 3.11. The van der Waals surface area contributed by atoms with Crippen molar-refractivity contribution in [2.24, 2.45) is 0 Å². The van der Waals surface area contributed by atoms with Gasteiger partial charge in [0, 0.05) is 37.2 Å². The van der Waals surface area contributed by atoms with Crippen LogP contribution in [0.3, 0.4) is 0 Å². The number of aromatic amines is 1. The molecule has 138 valence electrons. The number of aromatic nitrogens is 2. The number of hydrogen-bond acceptors (Lipinski definition) is 3. The summed E-state index contributed by atoms with van der Waals surface area (Å²) in [6.45, 7) is 2.83. The molecule has 4 rings (SSSR count). The SMILES string of the molecule is CC(=O)Nc1cccc(C(=O)N2CCC[C@H](c3nc4ccccc4[nH]3)C2)c1. The summed E-state index contributed by atoms with van der Waals surface area (Å²) in [5, 5.41) is 2.73. The third-order valence-electron chi connectivity index (χ3n) is 4.93. The van der Waals surface area contributed by atoms with Crippen molar-refractivity contribution in [2.75, 3.05) is 18.4 Å². The molecule has 1 aliphatic rings. The molecular weight excluding hydrogens is 340 g/mol. The summed E-state index contributed by atoms with van der Waals surface area (Å²) in [5.74, 6) is 0.986. The summed E-state index contributed by atoms with van der Waals surface area (Å²) in [6, 6.07) is 15.1. The molecule has 1 aliphatic heterocycles. The van der Waals surface area contributed by atoms with Gasteiger partial charge >= 0.3 is 0 Å². The lowest BCUT2D eigenvalue weighted by molar-refractivity contribution is -0.114. The zero-order valence-corrected chi connectivity index (χ0v) is 15.2. The van der Waals surface area contributed by atoms with E-state index in [-0.39, 0.29) is 17.7 Å². The molecule has 6 nitrogen and oxygen atoms in total. The Labute approximate surface area is 157 Å². The fraction of sp³-hybridized carbons (Fsp3) is 0.286. The molecule has 6 heteroatoms. The second kappa shape index (κ2) is 7.23. The number of piperidine rings is 1. The summed E-state index contributed by atoms with van der Waals surface area (Å²) in [4.78, 5) is 34.2. The van der Waals surface area contributed by atoms with Crippen LogP contribution in [-0.4, -0.2) is 39.8 Å². The fourth-order valence-electron chi connectivity index (χ4n) is 3.67. The lowest BCUT2D eigenvalue weighted by Gasteiger charge is -2.32. The van der Waals surface area contributed by atoms with Crippen molar-refractivity contribution >= 4 is 28.5 Å². The summed E-state index contributed by atoms with van der Waals surface area (Å²) in [6.07, 6.45) is 1.95. The highest BCUT2D eigenvalue weighted by Crippen LogP contribution is 2.28. The number of para-hydroxylation sites is 2. The van der Waals surface area contributed by atoms with Crippen LogP contribution in [0.25, 0.3) is 11.0 Å². The van der Waals surface area contributed by atoms with Gasteiger partial charge in [-0.2, -0.15) is 0 Å². The molecule has 2 amide bonds. The summed E-state index contributed by atoms with van der Waals surface area (Å²) in [5.41, 5.74) is 3.21. The number of carbonyl (C=O) groups excluding carboxylic acids is 2. The van der Waals surface area contributed by atoms with E-state index >= 15 is 0 Å². The van der Waals surface area contributed by atoms with Crippen LogP contribution in [0.15, 0.2) is 48.5 Å². The van der Waals surface area contributed by atoms with E-state index in [4.69, 9.17) is 4.98 Å². The summed E-state index contributed by atoms with van der Waals surface area (Å²) < 4.78 is 0. The maximum atomic E-state index is 13.0. The van der Waals surface area contributed by atoms with Crippen molar-refractivity contribution in [1.29, 1.82) is 0 Å². The van der Waals surface area contributed by atoms with Crippen LogP contribution in [0.4, 0.5) is 5.69 Å². The van der Waals surface area contributed by atoms with E-state index in [9.17, 15) is 9.59 Å². The fourth-order valence-corrected chi connectivity index (χ4v) is 3.67. The average molecular weight is 362 g/mol. The van der Waals surface area contributed by atoms with Crippen molar-refractivity contribution in [3.8, 4) is 0 Å². The highest BCUT2D eigenvalue weighted by molar-refractivity contribution is 5.97. The Morgan fingerprint density at radius 2 is 2.04 bits per heavy atom. The van der Waals surface area contributed by atoms with E-state index in [0.717, 1.165) is 36.2 Å². The minimum absolute atomic E-state index is 0.0111. The Kier molecular flexibility index (Phi) is 4.62. The molecule has 1 aromatic heterocycles. The first-order valence-electron chi connectivity index (χ1n) is 9.22. The predicted molar refractivity (Wildman–Crippen MR) is 105 cm³/mol. The van der Waals surface area contributed by atoms with Gasteiger partial charge in [-0.1, -0.05) is 18.2 Å². The van der Waals surface area contributed by atoms with Crippen molar-refractivity contribution in [2.45, 2.75) is 25.7 Å². The van der Waals surface area contributed by atoms with Crippen LogP contribution >= 0.6 is 0 Å². The Balaban J connectivity index is 1.52.